The van der Waals surface area contributed by atoms with E-state index in [-0.39, 0.29) is 0 Å². The maximum atomic E-state index is 5.16. The number of nitrogens with zero attached hydrogens (tertiary/aromatic N) is 2. The van der Waals surface area contributed by atoms with Crippen molar-refractivity contribution in [2.24, 2.45) is 0 Å². The molecule has 1 aromatic heterocycles. The molecule has 0 bridgehead atoms. The highest BCUT2D eigenvalue weighted by Crippen LogP contribution is 2.58. The van der Waals surface area contributed by atoms with Crippen LogP contribution in [0.1, 0.15) is 51.3 Å². The molecule has 1 heterocycles. The summed E-state index contributed by atoms with van der Waals surface area (Å²) in [6.07, 6.45) is 3.01. The molecule has 0 N–H and O–H groups in total. The van der Waals surface area contributed by atoms with E-state index in [0.29, 0.717) is 5.92 Å². The summed E-state index contributed by atoms with van der Waals surface area (Å²) in [5.74, 6) is 1.09. The lowest BCUT2D eigenvalue weighted by Gasteiger charge is -2.34. The second kappa shape index (κ2) is 14.7. The standard InChI is InChI=1S/C57H42N2/c1-5-19-40(20-6-1)54-38-55(59-56(58-54)41-21-7-2-8-22-41)44-23-17-18-39(35-44)34-42-32-33-43-36-53-51(37-50(43)48-29-14-13-28-47(42)48)49-30-15-16-31-52(49)57(53,45-24-9-3-10-25-45)46-26-11-4-12-27-46/h1-31,35-38,42H,32-34H2. The summed E-state index contributed by atoms with van der Waals surface area (Å²) in [5.41, 5.74) is 19.6. The van der Waals surface area contributed by atoms with Crippen LogP contribution in [0.2, 0.25) is 0 Å². The second-order valence-electron chi connectivity index (χ2n) is 16.0. The zero-order valence-electron chi connectivity index (χ0n) is 32.8. The molecule has 2 heteroatoms. The van der Waals surface area contributed by atoms with Crippen LogP contribution >= 0.6 is 0 Å². The van der Waals surface area contributed by atoms with Gasteiger partial charge in [0, 0.05) is 16.7 Å². The highest BCUT2D eigenvalue weighted by molar-refractivity contribution is 5.90. The van der Waals surface area contributed by atoms with Crippen molar-refractivity contribution in [2.75, 3.05) is 0 Å². The van der Waals surface area contributed by atoms with Gasteiger partial charge in [-0.1, -0.05) is 194 Å². The molecule has 2 aliphatic carbocycles. The number of rotatable bonds is 7. The van der Waals surface area contributed by atoms with E-state index in [0.717, 1.165) is 53.2 Å². The zero-order valence-corrected chi connectivity index (χ0v) is 32.8. The molecule has 8 aromatic carbocycles. The van der Waals surface area contributed by atoms with Gasteiger partial charge in [0.1, 0.15) is 0 Å². The van der Waals surface area contributed by atoms with E-state index in [1.54, 1.807) is 0 Å². The van der Waals surface area contributed by atoms with Gasteiger partial charge in [-0.25, -0.2) is 9.97 Å². The van der Waals surface area contributed by atoms with Crippen LogP contribution in [-0.4, -0.2) is 9.97 Å². The van der Waals surface area contributed by atoms with Gasteiger partial charge in [0.2, 0.25) is 0 Å². The van der Waals surface area contributed by atoms with E-state index in [1.165, 1.54) is 61.2 Å². The van der Waals surface area contributed by atoms with Crippen LogP contribution in [0.4, 0.5) is 0 Å². The SMILES string of the molecule is c1ccc(-c2cc(-c3cccc(CC4CCc5cc6c(cc5-c5ccccc54)-c4ccccc4C6(c4ccccc4)c4ccccc4)c3)nc(-c3ccccc3)n2)cc1. The Morgan fingerprint density at radius 1 is 0.424 bits per heavy atom. The average Bonchev–Trinajstić information content (AvgIpc) is 3.51. The monoisotopic (exact) mass is 754 g/mol. The summed E-state index contributed by atoms with van der Waals surface area (Å²) in [4.78, 5) is 10.2. The first-order valence-corrected chi connectivity index (χ1v) is 20.8. The Morgan fingerprint density at radius 2 is 1.00 bits per heavy atom. The van der Waals surface area contributed by atoms with Crippen molar-refractivity contribution in [3.05, 3.63) is 251 Å². The lowest BCUT2D eigenvalue weighted by molar-refractivity contribution is 0.628. The van der Waals surface area contributed by atoms with Gasteiger partial charge in [0.05, 0.1) is 16.8 Å². The lowest BCUT2D eigenvalue weighted by Crippen LogP contribution is -2.28. The highest BCUT2D eigenvalue weighted by Gasteiger charge is 2.46. The van der Waals surface area contributed by atoms with E-state index in [2.05, 4.69) is 188 Å². The van der Waals surface area contributed by atoms with Gasteiger partial charge in [0.15, 0.2) is 5.82 Å². The molecule has 0 fully saturated rings. The van der Waals surface area contributed by atoms with Gasteiger partial charge in [0.25, 0.3) is 0 Å². The zero-order chi connectivity index (χ0) is 39.2. The van der Waals surface area contributed by atoms with E-state index >= 15 is 0 Å². The van der Waals surface area contributed by atoms with Crippen molar-refractivity contribution in [2.45, 2.75) is 30.6 Å². The fourth-order valence-corrected chi connectivity index (χ4v) is 10.00. The molecule has 280 valence electrons. The van der Waals surface area contributed by atoms with Crippen molar-refractivity contribution >= 4 is 0 Å². The molecule has 0 amide bonds. The topological polar surface area (TPSA) is 25.8 Å². The Labute approximate surface area is 346 Å². The molecule has 0 saturated carbocycles. The molecule has 0 radical (unpaired) electrons. The molecular weight excluding hydrogens is 713 g/mol. The number of hydrogen-bond acceptors (Lipinski definition) is 2. The average molecular weight is 755 g/mol. The highest BCUT2D eigenvalue weighted by atomic mass is 14.9. The van der Waals surface area contributed by atoms with E-state index in [4.69, 9.17) is 9.97 Å². The van der Waals surface area contributed by atoms with Crippen molar-refractivity contribution in [3.63, 3.8) is 0 Å². The van der Waals surface area contributed by atoms with Crippen LogP contribution in [0.15, 0.2) is 212 Å². The Balaban J connectivity index is 0.996. The Morgan fingerprint density at radius 3 is 1.71 bits per heavy atom. The Hall–Kier alpha value is -7.16. The number of benzene rings is 8. The predicted octanol–water partition coefficient (Wildman–Crippen LogP) is 13.8. The molecule has 0 spiro atoms. The predicted molar refractivity (Wildman–Crippen MR) is 242 cm³/mol. The van der Waals surface area contributed by atoms with Crippen LogP contribution in [-0.2, 0) is 18.3 Å². The summed E-state index contributed by atoms with van der Waals surface area (Å²) in [6.45, 7) is 0. The van der Waals surface area contributed by atoms with E-state index in [1.807, 2.05) is 24.3 Å². The molecule has 1 atom stereocenters. The molecular formula is C57H42N2. The third-order valence-corrected chi connectivity index (χ3v) is 12.7. The molecule has 0 aliphatic heterocycles. The maximum Gasteiger partial charge on any atom is 0.160 e. The smallest absolute Gasteiger partial charge is 0.160 e. The van der Waals surface area contributed by atoms with Gasteiger partial charge < -0.3 is 0 Å². The maximum absolute atomic E-state index is 5.16. The number of hydrogen-bond donors (Lipinski definition) is 0. The molecule has 0 saturated heterocycles. The first kappa shape index (κ1) is 35.0. The van der Waals surface area contributed by atoms with Crippen molar-refractivity contribution in [1.82, 2.24) is 9.97 Å². The van der Waals surface area contributed by atoms with E-state index < -0.39 is 5.41 Å². The van der Waals surface area contributed by atoms with Crippen LogP contribution in [0, 0.1) is 0 Å². The lowest BCUT2D eigenvalue weighted by atomic mass is 9.67. The quantitative estimate of drug-likeness (QED) is 0.162. The first-order chi connectivity index (χ1) is 29.2. The van der Waals surface area contributed by atoms with Crippen LogP contribution in [0.3, 0.4) is 0 Å². The van der Waals surface area contributed by atoms with Crippen molar-refractivity contribution < 1.29 is 0 Å². The van der Waals surface area contributed by atoms with Gasteiger partial charge in [-0.2, -0.15) is 0 Å². The second-order valence-corrected chi connectivity index (χ2v) is 16.0. The third kappa shape index (κ3) is 6.03. The number of aromatic nitrogens is 2. The number of fused-ring (bicyclic) bond motifs is 6. The van der Waals surface area contributed by atoms with E-state index in [9.17, 15) is 0 Å². The summed E-state index contributed by atoms with van der Waals surface area (Å²) in [6, 6.07) is 77.6. The largest absolute Gasteiger partial charge is 0.228 e. The van der Waals surface area contributed by atoms with Gasteiger partial charge in [-0.05, 0) is 105 Å². The van der Waals surface area contributed by atoms with Crippen LogP contribution < -0.4 is 0 Å². The van der Waals surface area contributed by atoms with Crippen LogP contribution in [0.25, 0.3) is 56.2 Å². The fraction of sp³-hybridized carbons (Fsp3) is 0.0877. The van der Waals surface area contributed by atoms with Gasteiger partial charge in [-0.3, -0.25) is 0 Å². The molecule has 59 heavy (non-hydrogen) atoms. The molecule has 2 nitrogen and oxygen atoms in total. The Bertz CT molecular complexity index is 2860. The summed E-state index contributed by atoms with van der Waals surface area (Å²) in [7, 11) is 0. The minimum absolute atomic E-state index is 0.356. The fourth-order valence-electron chi connectivity index (χ4n) is 10.00. The molecule has 1 unspecified atom stereocenters. The first-order valence-electron chi connectivity index (χ1n) is 20.8. The minimum atomic E-state index is -0.406. The molecule has 9 aromatic rings. The summed E-state index contributed by atoms with van der Waals surface area (Å²) in [5, 5.41) is 0. The minimum Gasteiger partial charge on any atom is -0.228 e. The van der Waals surface area contributed by atoms with Crippen molar-refractivity contribution in [1.29, 1.82) is 0 Å². The van der Waals surface area contributed by atoms with Crippen LogP contribution in [0.5, 0.6) is 0 Å². The molecule has 11 rings (SSSR count). The normalized spacial score (nSPS) is 14.7. The molecule has 2 aliphatic rings. The van der Waals surface area contributed by atoms with Gasteiger partial charge >= 0.3 is 0 Å². The Kier molecular flexibility index (Phi) is 8.70. The summed E-state index contributed by atoms with van der Waals surface area (Å²) >= 11 is 0. The third-order valence-electron chi connectivity index (χ3n) is 12.7. The van der Waals surface area contributed by atoms with Crippen molar-refractivity contribution in [3.8, 4) is 56.2 Å². The summed E-state index contributed by atoms with van der Waals surface area (Å²) < 4.78 is 0. The number of aryl methyl sites for hydroxylation is 1. The van der Waals surface area contributed by atoms with Gasteiger partial charge in [-0.15, -0.1) is 0 Å².